The largest absolute Gasteiger partial charge is 0.372 e. The average molecular weight is 177 g/mol. The Morgan fingerprint density at radius 2 is 1.85 bits per heavy atom. The highest BCUT2D eigenvalue weighted by Crippen LogP contribution is 2.12. The van der Waals surface area contributed by atoms with Gasteiger partial charge in [-0.1, -0.05) is 6.08 Å². The first-order valence-electron chi connectivity index (χ1n) is 4.34. The van der Waals surface area contributed by atoms with Gasteiger partial charge in [0.05, 0.1) is 17.1 Å². The molecule has 0 fully saturated rings. The minimum absolute atomic E-state index is 0.853. The average Bonchev–Trinajstić information content (AvgIpc) is 2.11. The molecule has 0 aliphatic carbocycles. The molecule has 0 atom stereocenters. The predicted molar refractivity (Wildman–Crippen MR) is 55.8 cm³/mol. The SMILES string of the molecule is C/C=C\c1nc(C)c(NC)nc1C. The molecule has 0 saturated heterocycles. The first-order chi connectivity index (χ1) is 6.19. The zero-order valence-electron chi connectivity index (χ0n) is 8.55. The van der Waals surface area contributed by atoms with E-state index in [-0.39, 0.29) is 0 Å². The second-order valence-corrected chi connectivity index (χ2v) is 2.88. The Morgan fingerprint density at radius 1 is 1.15 bits per heavy atom. The summed E-state index contributed by atoms with van der Waals surface area (Å²) in [4.78, 5) is 8.81. The maximum absolute atomic E-state index is 4.42. The normalized spacial score (nSPS) is 10.8. The number of rotatable bonds is 2. The van der Waals surface area contributed by atoms with Crippen LogP contribution in [0.3, 0.4) is 0 Å². The lowest BCUT2D eigenvalue weighted by Gasteiger charge is -2.06. The summed E-state index contributed by atoms with van der Waals surface area (Å²) in [5, 5.41) is 3.01. The number of aromatic nitrogens is 2. The molecule has 3 nitrogen and oxygen atoms in total. The van der Waals surface area contributed by atoms with E-state index in [0.717, 1.165) is 22.9 Å². The summed E-state index contributed by atoms with van der Waals surface area (Å²) < 4.78 is 0. The summed E-state index contributed by atoms with van der Waals surface area (Å²) >= 11 is 0. The lowest BCUT2D eigenvalue weighted by atomic mass is 10.3. The number of allylic oxidation sites excluding steroid dienone is 1. The Hall–Kier alpha value is -1.38. The van der Waals surface area contributed by atoms with Crippen LogP contribution in [0.1, 0.15) is 24.0 Å². The van der Waals surface area contributed by atoms with E-state index < -0.39 is 0 Å². The third-order valence-electron chi connectivity index (χ3n) is 1.84. The summed E-state index contributed by atoms with van der Waals surface area (Å²) in [6, 6.07) is 0. The lowest BCUT2D eigenvalue weighted by Crippen LogP contribution is -2.02. The molecule has 1 rings (SSSR count). The number of nitrogens with one attached hydrogen (secondary N) is 1. The van der Waals surface area contributed by atoms with Crippen molar-refractivity contribution >= 4 is 11.9 Å². The highest BCUT2D eigenvalue weighted by molar-refractivity contribution is 5.51. The molecule has 13 heavy (non-hydrogen) atoms. The molecule has 1 heterocycles. The van der Waals surface area contributed by atoms with Gasteiger partial charge in [0.15, 0.2) is 0 Å². The third kappa shape index (κ3) is 2.05. The zero-order chi connectivity index (χ0) is 9.84. The highest BCUT2D eigenvalue weighted by Gasteiger charge is 2.03. The molecule has 1 aromatic rings. The van der Waals surface area contributed by atoms with E-state index in [1.54, 1.807) is 0 Å². The van der Waals surface area contributed by atoms with Crippen molar-refractivity contribution < 1.29 is 0 Å². The van der Waals surface area contributed by atoms with E-state index in [1.807, 2.05) is 40.0 Å². The van der Waals surface area contributed by atoms with E-state index in [4.69, 9.17) is 0 Å². The molecule has 70 valence electrons. The van der Waals surface area contributed by atoms with Gasteiger partial charge < -0.3 is 5.32 Å². The Kier molecular flexibility index (Phi) is 3.01. The van der Waals surface area contributed by atoms with Gasteiger partial charge in [-0.15, -0.1) is 0 Å². The maximum Gasteiger partial charge on any atom is 0.147 e. The van der Waals surface area contributed by atoms with Crippen LogP contribution in [0.2, 0.25) is 0 Å². The molecule has 0 aliphatic heterocycles. The van der Waals surface area contributed by atoms with E-state index in [1.165, 1.54) is 0 Å². The van der Waals surface area contributed by atoms with Crippen LogP contribution in [0.15, 0.2) is 6.08 Å². The second kappa shape index (κ2) is 4.03. The Morgan fingerprint density at radius 3 is 2.38 bits per heavy atom. The number of nitrogens with zero attached hydrogens (tertiary/aromatic N) is 2. The molecule has 0 saturated carbocycles. The molecular formula is C10H15N3. The van der Waals surface area contributed by atoms with Gasteiger partial charge >= 0.3 is 0 Å². The highest BCUT2D eigenvalue weighted by atomic mass is 15.0. The maximum atomic E-state index is 4.42. The molecular weight excluding hydrogens is 162 g/mol. The minimum atomic E-state index is 0.853. The molecule has 1 aromatic heterocycles. The van der Waals surface area contributed by atoms with Crippen LogP contribution in [0, 0.1) is 13.8 Å². The van der Waals surface area contributed by atoms with Crippen LogP contribution in [-0.2, 0) is 0 Å². The third-order valence-corrected chi connectivity index (χ3v) is 1.84. The van der Waals surface area contributed by atoms with Crippen LogP contribution in [0.5, 0.6) is 0 Å². The summed E-state index contributed by atoms with van der Waals surface area (Å²) in [6.45, 7) is 5.89. The van der Waals surface area contributed by atoms with Gasteiger partial charge in [0.2, 0.25) is 0 Å². The van der Waals surface area contributed by atoms with Gasteiger partial charge in [0.25, 0.3) is 0 Å². The number of anilines is 1. The van der Waals surface area contributed by atoms with Crippen LogP contribution in [0.25, 0.3) is 6.08 Å². The van der Waals surface area contributed by atoms with E-state index in [0.29, 0.717) is 0 Å². The van der Waals surface area contributed by atoms with Crippen molar-refractivity contribution in [3.8, 4) is 0 Å². The first-order valence-corrected chi connectivity index (χ1v) is 4.34. The van der Waals surface area contributed by atoms with Crippen LogP contribution >= 0.6 is 0 Å². The van der Waals surface area contributed by atoms with Gasteiger partial charge in [-0.2, -0.15) is 0 Å². The van der Waals surface area contributed by atoms with Crippen molar-refractivity contribution in [2.45, 2.75) is 20.8 Å². The van der Waals surface area contributed by atoms with Crippen molar-refractivity contribution in [2.75, 3.05) is 12.4 Å². The van der Waals surface area contributed by atoms with Crippen molar-refractivity contribution in [2.24, 2.45) is 0 Å². The summed E-state index contributed by atoms with van der Waals surface area (Å²) in [6.07, 6.45) is 3.93. The topological polar surface area (TPSA) is 37.8 Å². The van der Waals surface area contributed by atoms with Crippen molar-refractivity contribution in [1.29, 1.82) is 0 Å². The fourth-order valence-electron chi connectivity index (χ4n) is 1.17. The number of aryl methyl sites for hydroxylation is 2. The molecule has 0 radical (unpaired) electrons. The summed E-state index contributed by atoms with van der Waals surface area (Å²) in [7, 11) is 1.85. The van der Waals surface area contributed by atoms with Gasteiger partial charge in [-0.3, -0.25) is 0 Å². The van der Waals surface area contributed by atoms with E-state index in [2.05, 4.69) is 15.3 Å². The molecule has 0 aliphatic rings. The van der Waals surface area contributed by atoms with E-state index in [9.17, 15) is 0 Å². The summed E-state index contributed by atoms with van der Waals surface area (Å²) in [5.41, 5.74) is 2.83. The fraction of sp³-hybridized carbons (Fsp3) is 0.400. The Labute approximate surface area is 78.9 Å². The van der Waals surface area contributed by atoms with Gasteiger partial charge in [0.1, 0.15) is 5.82 Å². The standard InChI is InChI=1S/C10H15N3/c1-5-6-9-7(2)13-10(11-4)8(3)12-9/h5-6H,1-4H3,(H,11,13)/b6-5-. The number of hydrogen-bond acceptors (Lipinski definition) is 3. The molecule has 0 aromatic carbocycles. The van der Waals surface area contributed by atoms with Gasteiger partial charge in [-0.25, -0.2) is 9.97 Å². The Bertz CT molecular complexity index is 329. The summed E-state index contributed by atoms with van der Waals surface area (Å²) in [5.74, 6) is 0.853. The molecule has 3 heteroatoms. The predicted octanol–water partition coefficient (Wildman–Crippen LogP) is 2.17. The van der Waals surface area contributed by atoms with Crippen molar-refractivity contribution in [3.63, 3.8) is 0 Å². The first kappa shape index (κ1) is 9.71. The quantitative estimate of drug-likeness (QED) is 0.752. The van der Waals surface area contributed by atoms with Crippen molar-refractivity contribution in [1.82, 2.24) is 9.97 Å². The number of hydrogen-bond donors (Lipinski definition) is 1. The van der Waals surface area contributed by atoms with Crippen molar-refractivity contribution in [3.05, 3.63) is 23.2 Å². The van der Waals surface area contributed by atoms with Crippen LogP contribution in [-0.4, -0.2) is 17.0 Å². The lowest BCUT2D eigenvalue weighted by molar-refractivity contribution is 1.04. The molecule has 1 N–H and O–H groups in total. The van der Waals surface area contributed by atoms with Crippen LogP contribution in [0.4, 0.5) is 5.82 Å². The minimum Gasteiger partial charge on any atom is -0.372 e. The van der Waals surface area contributed by atoms with Gasteiger partial charge in [0, 0.05) is 7.05 Å². The second-order valence-electron chi connectivity index (χ2n) is 2.88. The molecule has 0 amide bonds. The molecule has 0 spiro atoms. The molecule has 0 unspecified atom stereocenters. The van der Waals surface area contributed by atoms with Gasteiger partial charge in [-0.05, 0) is 26.8 Å². The van der Waals surface area contributed by atoms with E-state index >= 15 is 0 Å². The van der Waals surface area contributed by atoms with Crippen LogP contribution < -0.4 is 5.32 Å². The smallest absolute Gasteiger partial charge is 0.147 e. The zero-order valence-corrected chi connectivity index (χ0v) is 8.55. The molecule has 0 bridgehead atoms. The Balaban J connectivity index is 3.20. The fourth-order valence-corrected chi connectivity index (χ4v) is 1.17. The monoisotopic (exact) mass is 177 g/mol.